The summed E-state index contributed by atoms with van der Waals surface area (Å²) >= 11 is 3.38. The molecule has 0 aromatic heterocycles. The highest BCUT2D eigenvalue weighted by Crippen LogP contribution is 2.12. The number of methoxy groups -OCH3 is 1. The van der Waals surface area contributed by atoms with E-state index in [0.717, 1.165) is 10.0 Å². The van der Waals surface area contributed by atoms with Crippen molar-refractivity contribution in [2.45, 2.75) is 13.8 Å². The summed E-state index contributed by atoms with van der Waals surface area (Å²) in [4.78, 5) is 0. The first kappa shape index (κ1) is 12.2. The maximum Gasteiger partial charge on any atom is 0.0830 e. The second kappa shape index (κ2) is 7.87. The standard InChI is InChI=1S/C9H9BrO.C2H6/c1-11-6-5-8-3-2-4-9(10)7-8;1-2/h2-7H,1H3;1-2H3/b6-5+;. The average Bonchev–Trinajstić information content (AvgIpc) is 2.18. The quantitative estimate of drug-likeness (QED) is 0.711. The minimum Gasteiger partial charge on any atom is -0.504 e. The SMILES string of the molecule is CC.CO/C=C/c1cccc(Br)c1. The molecule has 0 aliphatic rings. The van der Waals surface area contributed by atoms with Crippen LogP contribution >= 0.6 is 15.9 Å². The highest BCUT2D eigenvalue weighted by atomic mass is 79.9. The minimum absolute atomic E-state index is 1.08. The largest absolute Gasteiger partial charge is 0.504 e. The zero-order chi connectivity index (χ0) is 10.1. The van der Waals surface area contributed by atoms with Crippen LogP contribution in [-0.4, -0.2) is 7.11 Å². The summed E-state index contributed by atoms with van der Waals surface area (Å²) in [5.41, 5.74) is 1.13. The molecule has 2 heteroatoms. The van der Waals surface area contributed by atoms with Crippen molar-refractivity contribution in [3.05, 3.63) is 40.6 Å². The predicted molar refractivity (Wildman–Crippen MR) is 61.5 cm³/mol. The Morgan fingerprint density at radius 2 is 2.00 bits per heavy atom. The molecule has 0 radical (unpaired) electrons. The van der Waals surface area contributed by atoms with E-state index in [-0.39, 0.29) is 0 Å². The van der Waals surface area contributed by atoms with Gasteiger partial charge in [0.25, 0.3) is 0 Å². The summed E-state index contributed by atoms with van der Waals surface area (Å²) in [5.74, 6) is 0. The third-order valence-corrected chi connectivity index (χ3v) is 1.74. The highest BCUT2D eigenvalue weighted by molar-refractivity contribution is 9.10. The summed E-state index contributed by atoms with van der Waals surface area (Å²) in [5, 5.41) is 0. The smallest absolute Gasteiger partial charge is 0.0830 e. The number of rotatable bonds is 2. The van der Waals surface area contributed by atoms with Crippen molar-refractivity contribution in [2.24, 2.45) is 0 Å². The van der Waals surface area contributed by atoms with Crippen molar-refractivity contribution < 1.29 is 4.74 Å². The van der Waals surface area contributed by atoms with E-state index in [4.69, 9.17) is 4.74 Å². The topological polar surface area (TPSA) is 9.23 Å². The van der Waals surface area contributed by atoms with Gasteiger partial charge in [-0.2, -0.15) is 0 Å². The molecule has 0 amide bonds. The van der Waals surface area contributed by atoms with E-state index in [1.54, 1.807) is 13.4 Å². The van der Waals surface area contributed by atoms with E-state index in [0.29, 0.717) is 0 Å². The fraction of sp³-hybridized carbons (Fsp3) is 0.273. The van der Waals surface area contributed by atoms with Crippen LogP contribution in [0.4, 0.5) is 0 Å². The van der Waals surface area contributed by atoms with Gasteiger partial charge in [-0.3, -0.25) is 0 Å². The third-order valence-electron chi connectivity index (χ3n) is 1.25. The first-order valence-electron chi connectivity index (χ1n) is 4.28. The third kappa shape index (κ3) is 5.47. The molecule has 1 rings (SSSR count). The summed E-state index contributed by atoms with van der Waals surface area (Å²) in [7, 11) is 1.63. The Kier molecular flexibility index (Phi) is 7.41. The minimum atomic E-state index is 1.08. The molecule has 0 atom stereocenters. The monoisotopic (exact) mass is 242 g/mol. The highest BCUT2D eigenvalue weighted by Gasteiger charge is 1.86. The van der Waals surface area contributed by atoms with Crippen molar-refractivity contribution in [3.63, 3.8) is 0 Å². The van der Waals surface area contributed by atoms with Gasteiger partial charge >= 0.3 is 0 Å². The molecule has 0 N–H and O–H groups in total. The molecular formula is C11H15BrO. The van der Waals surface area contributed by atoms with Crippen molar-refractivity contribution in [1.29, 1.82) is 0 Å². The summed E-state index contributed by atoms with van der Waals surface area (Å²) in [6, 6.07) is 8.01. The lowest BCUT2D eigenvalue weighted by Crippen LogP contribution is -1.71. The van der Waals surface area contributed by atoms with Gasteiger partial charge in [-0.15, -0.1) is 0 Å². The molecular weight excluding hydrogens is 228 g/mol. The van der Waals surface area contributed by atoms with Gasteiger partial charge in [-0.25, -0.2) is 0 Å². The van der Waals surface area contributed by atoms with E-state index in [9.17, 15) is 0 Å². The molecule has 1 aromatic rings. The van der Waals surface area contributed by atoms with Gasteiger partial charge in [0.2, 0.25) is 0 Å². The number of ether oxygens (including phenoxy) is 1. The maximum absolute atomic E-state index is 4.79. The zero-order valence-electron chi connectivity index (χ0n) is 8.25. The van der Waals surface area contributed by atoms with E-state index >= 15 is 0 Å². The molecule has 72 valence electrons. The second-order valence-corrected chi connectivity index (χ2v) is 3.01. The lowest BCUT2D eigenvalue weighted by molar-refractivity contribution is 0.341. The van der Waals surface area contributed by atoms with Crippen LogP contribution in [0, 0.1) is 0 Å². The van der Waals surface area contributed by atoms with Crippen molar-refractivity contribution >= 4 is 22.0 Å². The fourth-order valence-electron chi connectivity index (χ4n) is 0.757. The van der Waals surface area contributed by atoms with Crippen LogP contribution < -0.4 is 0 Å². The van der Waals surface area contributed by atoms with E-state index in [1.807, 2.05) is 44.2 Å². The van der Waals surface area contributed by atoms with Gasteiger partial charge in [0.15, 0.2) is 0 Å². The second-order valence-electron chi connectivity index (χ2n) is 2.09. The Morgan fingerprint density at radius 3 is 2.54 bits per heavy atom. The van der Waals surface area contributed by atoms with E-state index in [2.05, 4.69) is 15.9 Å². The predicted octanol–water partition coefficient (Wildman–Crippen LogP) is 4.09. The summed E-state index contributed by atoms with van der Waals surface area (Å²) < 4.78 is 5.87. The van der Waals surface area contributed by atoms with Crippen LogP contribution in [0.2, 0.25) is 0 Å². The van der Waals surface area contributed by atoms with Gasteiger partial charge in [-0.1, -0.05) is 41.9 Å². The van der Waals surface area contributed by atoms with Crippen LogP contribution in [0.5, 0.6) is 0 Å². The first-order valence-corrected chi connectivity index (χ1v) is 5.07. The van der Waals surface area contributed by atoms with Crippen molar-refractivity contribution in [1.82, 2.24) is 0 Å². The van der Waals surface area contributed by atoms with Crippen molar-refractivity contribution in [3.8, 4) is 0 Å². The molecule has 0 saturated carbocycles. The molecule has 0 unspecified atom stereocenters. The van der Waals surface area contributed by atoms with Crippen LogP contribution in [0.15, 0.2) is 35.0 Å². The van der Waals surface area contributed by atoms with Gasteiger partial charge in [-0.05, 0) is 23.8 Å². The molecule has 1 nitrogen and oxygen atoms in total. The van der Waals surface area contributed by atoms with Gasteiger partial charge in [0, 0.05) is 4.47 Å². The normalized spacial score (nSPS) is 9.23. The molecule has 1 aromatic carbocycles. The van der Waals surface area contributed by atoms with Crippen LogP contribution in [0.1, 0.15) is 19.4 Å². The van der Waals surface area contributed by atoms with Crippen molar-refractivity contribution in [2.75, 3.05) is 7.11 Å². The summed E-state index contributed by atoms with van der Waals surface area (Å²) in [6.07, 6.45) is 3.56. The van der Waals surface area contributed by atoms with Gasteiger partial charge in [0.1, 0.15) is 0 Å². The molecule has 0 bridgehead atoms. The number of halogens is 1. The Labute approximate surface area is 88.6 Å². The fourth-order valence-corrected chi connectivity index (χ4v) is 1.17. The van der Waals surface area contributed by atoms with Gasteiger partial charge < -0.3 is 4.74 Å². The Balaban J connectivity index is 0.000000671. The van der Waals surface area contributed by atoms with Crippen LogP contribution in [0.25, 0.3) is 6.08 Å². The van der Waals surface area contributed by atoms with E-state index in [1.165, 1.54) is 0 Å². The van der Waals surface area contributed by atoms with Gasteiger partial charge in [0.05, 0.1) is 13.4 Å². The number of benzene rings is 1. The number of hydrogen-bond donors (Lipinski definition) is 0. The lowest BCUT2D eigenvalue weighted by Gasteiger charge is -1.93. The number of hydrogen-bond acceptors (Lipinski definition) is 1. The maximum atomic E-state index is 4.79. The Morgan fingerprint density at radius 1 is 1.31 bits per heavy atom. The first-order chi connectivity index (χ1) is 6.33. The zero-order valence-corrected chi connectivity index (χ0v) is 9.84. The molecule has 0 spiro atoms. The van der Waals surface area contributed by atoms with E-state index < -0.39 is 0 Å². The molecule has 0 aliphatic heterocycles. The molecule has 0 heterocycles. The lowest BCUT2D eigenvalue weighted by atomic mass is 10.2. The van der Waals surface area contributed by atoms with Crippen LogP contribution in [-0.2, 0) is 4.74 Å². The molecule has 0 saturated heterocycles. The Hall–Kier alpha value is -0.760. The summed E-state index contributed by atoms with van der Waals surface area (Å²) in [6.45, 7) is 4.00. The molecule has 0 fully saturated rings. The molecule has 0 aliphatic carbocycles. The Bertz CT molecular complexity index is 256. The average molecular weight is 243 g/mol. The molecule has 13 heavy (non-hydrogen) atoms. The van der Waals surface area contributed by atoms with Crippen LogP contribution in [0.3, 0.4) is 0 Å².